The molecule has 0 rings (SSSR count). The lowest BCUT2D eigenvalue weighted by molar-refractivity contribution is 0.574. The van der Waals surface area contributed by atoms with Gasteiger partial charge in [0.2, 0.25) is 0 Å². The molecule has 0 amide bonds. The molecule has 0 heterocycles. The summed E-state index contributed by atoms with van der Waals surface area (Å²) in [5.74, 6) is 0. The van der Waals surface area contributed by atoms with Gasteiger partial charge in [-0.2, -0.15) is 0 Å². The van der Waals surface area contributed by atoms with Crippen LogP contribution < -0.4 is 6.15 Å². The van der Waals surface area contributed by atoms with Crippen molar-refractivity contribution in [3.63, 3.8) is 0 Å². The lowest BCUT2D eigenvalue weighted by Gasteiger charge is -2.02. The van der Waals surface area contributed by atoms with E-state index < -0.39 is 0 Å². The summed E-state index contributed by atoms with van der Waals surface area (Å²) < 4.78 is 0. The van der Waals surface area contributed by atoms with Crippen LogP contribution in [0.15, 0.2) is 0 Å². The maximum atomic E-state index is 5.84. The maximum absolute atomic E-state index is 5.84. The predicted octanol–water partition coefficient (Wildman–Crippen LogP) is 4.92. The molecule has 1 atom stereocenters. The Morgan fingerprint density at radius 2 is 1.38 bits per heavy atom. The van der Waals surface area contributed by atoms with Crippen LogP contribution in [0.2, 0.25) is 0 Å². The number of unbranched alkanes of at least 4 members (excludes halogenated alkanes) is 6. The zero-order valence-electron chi connectivity index (χ0n) is 9.32. The van der Waals surface area contributed by atoms with E-state index in [9.17, 15) is 0 Å². The molecule has 1 nitrogen and oxygen atoms in total. The molecule has 0 aliphatic heterocycles. The molecule has 2 heteroatoms. The van der Waals surface area contributed by atoms with Crippen molar-refractivity contribution in [2.75, 3.05) is 0 Å². The first-order valence-corrected chi connectivity index (χ1v) is 5.85. The Bertz CT molecular complexity index is 84.2. The minimum Gasteiger partial charge on any atom is -0.344 e. The van der Waals surface area contributed by atoms with Gasteiger partial charge < -0.3 is 6.15 Å². The molecule has 3 N–H and O–H groups in total. The van der Waals surface area contributed by atoms with Gasteiger partial charge in [0, 0.05) is 5.38 Å². The Balaban J connectivity index is 0. The monoisotopic (exact) mass is 207 g/mol. The molecule has 0 spiro atoms. The maximum Gasteiger partial charge on any atom is 0.0307 e. The van der Waals surface area contributed by atoms with E-state index in [0.29, 0.717) is 5.38 Å². The first-order valence-electron chi connectivity index (χ1n) is 5.41. The molecule has 0 bridgehead atoms. The second kappa shape index (κ2) is 12.2. The van der Waals surface area contributed by atoms with Gasteiger partial charge in [-0.05, 0) is 13.3 Å². The standard InChI is InChI=1S/C11H23Cl.H3N/c1-3-4-5-6-7-8-9-10-11(2)12;/h11H,3-10H2,1-2H3;1H3. The third-order valence-corrected chi connectivity index (χ3v) is 2.42. The molecule has 0 aliphatic rings. The largest absolute Gasteiger partial charge is 0.344 e. The van der Waals surface area contributed by atoms with Gasteiger partial charge in [0.15, 0.2) is 0 Å². The van der Waals surface area contributed by atoms with Gasteiger partial charge in [0.05, 0.1) is 0 Å². The van der Waals surface area contributed by atoms with E-state index in [1.807, 2.05) is 0 Å². The fourth-order valence-electron chi connectivity index (χ4n) is 1.38. The van der Waals surface area contributed by atoms with Gasteiger partial charge in [-0.15, -0.1) is 11.6 Å². The van der Waals surface area contributed by atoms with Crippen LogP contribution in [0.5, 0.6) is 0 Å². The minimum absolute atomic E-state index is 0. The van der Waals surface area contributed by atoms with Gasteiger partial charge in [-0.3, -0.25) is 0 Å². The molecule has 82 valence electrons. The summed E-state index contributed by atoms with van der Waals surface area (Å²) in [5.41, 5.74) is 0. The van der Waals surface area contributed by atoms with Gasteiger partial charge in [-0.1, -0.05) is 51.9 Å². The Morgan fingerprint density at radius 1 is 0.923 bits per heavy atom. The Kier molecular flexibility index (Phi) is 14.8. The highest BCUT2D eigenvalue weighted by molar-refractivity contribution is 6.20. The molecule has 0 saturated carbocycles. The average molecular weight is 208 g/mol. The lowest BCUT2D eigenvalue weighted by Crippen LogP contribution is -1.89. The summed E-state index contributed by atoms with van der Waals surface area (Å²) in [5, 5.41) is 0.376. The van der Waals surface area contributed by atoms with E-state index in [2.05, 4.69) is 13.8 Å². The zero-order valence-corrected chi connectivity index (χ0v) is 10.1. The van der Waals surface area contributed by atoms with Crippen LogP contribution in [0.3, 0.4) is 0 Å². The first-order chi connectivity index (χ1) is 5.77. The van der Waals surface area contributed by atoms with Gasteiger partial charge >= 0.3 is 0 Å². The smallest absolute Gasteiger partial charge is 0.0307 e. The quantitative estimate of drug-likeness (QED) is 0.445. The summed E-state index contributed by atoms with van der Waals surface area (Å²) in [6.45, 7) is 4.34. The fraction of sp³-hybridized carbons (Fsp3) is 1.00. The van der Waals surface area contributed by atoms with Crippen molar-refractivity contribution in [1.82, 2.24) is 6.15 Å². The van der Waals surface area contributed by atoms with Crippen LogP contribution in [0.4, 0.5) is 0 Å². The number of halogens is 1. The van der Waals surface area contributed by atoms with Crippen LogP contribution in [-0.2, 0) is 0 Å². The Hall–Kier alpha value is 0.250. The average Bonchev–Trinajstić information content (AvgIpc) is 2.02. The predicted molar refractivity (Wildman–Crippen MR) is 62.9 cm³/mol. The Morgan fingerprint density at radius 3 is 1.85 bits per heavy atom. The van der Waals surface area contributed by atoms with Crippen LogP contribution in [-0.4, -0.2) is 5.38 Å². The second-order valence-electron chi connectivity index (χ2n) is 3.69. The third-order valence-electron chi connectivity index (χ3n) is 2.21. The number of rotatable bonds is 8. The van der Waals surface area contributed by atoms with Crippen LogP contribution in [0.1, 0.15) is 65.2 Å². The summed E-state index contributed by atoms with van der Waals surface area (Å²) in [6.07, 6.45) is 10.9. The minimum atomic E-state index is 0. The van der Waals surface area contributed by atoms with E-state index >= 15 is 0 Å². The highest BCUT2D eigenvalue weighted by Gasteiger charge is 1.95. The highest BCUT2D eigenvalue weighted by atomic mass is 35.5. The second-order valence-corrected chi connectivity index (χ2v) is 4.44. The summed E-state index contributed by atoms with van der Waals surface area (Å²) in [4.78, 5) is 0. The molecular formula is C11H26ClN. The van der Waals surface area contributed by atoms with E-state index in [4.69, 9.17) is 11.6 Å². The summed E-state index contributed by atoms with van der Waals surface area (Å²) in [7, 11) is 0. The van der Waals surface area contributed by atoms with Crippen molar-refractivity contribution in [3.05, 3.63) is 0 Å². The van der Waals surface area contributed by atoms with E-state index in [1.54, 1.807) is 0 Å². The molecule has 0 aromatic carbocycles. The first kappa shape index (κ1) is 15.7. The van der Waals surface area contributed by atoms with E-state index in [-0.39, 0.29) is 6.15 Å². The van der Waals surface area contributed by atoms with Crippen molar-refractivity contribution in [3.8, 4) is 0 Å². The molecule has 13 heavy (non-hydrogen) atoms. The van der Waals surface area contributed by atoms with Crippen molar-refractivity contribution >= 4 is 11.6 Å². The molecule has 0 fully saturated rings. The molecule has 1 unspecified atom stereocenters. The molecule has 0 aromatic heterocycles. The van der Waals surface area contributed by atoms with Crippen molar-refractivity contribution in [2.24, 2.45) is 0 Å². The van der Waals surface area contributed by atoms with Crippen molar-refractivity contribution in [2.45, 2.75) is 70.6 Å². The topological polar surface area (TPSA) is 35.0 Å². The van der Waals surface area contributed by atoms with Crippen LogP contribution >= 0.6 is 11.6 Å². The van der Waals surface area contributed by atoms with Gasteiger partial charge in [0.25, 0.3) is 0 Å². The van der Waals surface area contributed by atoms with Gasteiger partial charge in [-0.25, -0.2) is 0 Å². The number of hydrogen-bond donors (Lipinski definition) is 1. The normalized spacial score (nSPS) is 12.2. The third kappa shape index (κ3) is 15.0. The van der Waals surface area contributed by atoms with Crippen LogP contribution in [0, 0.1) is 0 Å². The zero-order chi connectivity index (χ0) is 9.23. The highest BCUT2D eigenvalue weighted by Crippen LogP contribution is 2.11. The Labute approximate surface area is 88.8 Å². The summed E-state index contributed by atoms with van der Waals surface area (Å²) >= 11 is 5.84. The molecular weight excluding hydrogens is 182 g/mol. The number of alkyl halides is 1. The molecule has 0 aliphatic carbocycles. The van der Waals surface area contributed by atoms with Crippen LogP contribution in [0.25, 0.3) is 0 Å². The van der Waals surface area contributed by atoms with Crippen molar-refractivity contribution < 1.29 is 0 Å². The molecule has 0 aromatic rings. The fourth-order valence-corrected chi connectivity index (χ4v) is 1.54. The summed E-state index contributed by atoms with van der Waals surface area (Å²) in [6, 6.07) is 0. The SMILES string of the molecule is CCCCCCCCCC(C)Cl.N. The molecule has 0 radical (unpaired) electrons. The molecule has 0 saturated heterocycles. The van der Waals surface area contributed by atoms with E-state index in [0.717, 1.165) is 0 Å². The lowest BCUT2D eigenvalue weighted by atomic mass is 10.1. The van der Waals surface area contributed by atoms with Crippen molar-refractivity contribution in [1.29, 1.82) is 0 Å². The van der Waals surface area contributed by atoms with Gasteiger partial charge in [0.1, 0.15) is 0 Å². The van der Waals surface area contributed by atoms with E-state index in [1.165, 1.54) is 51.4 Å². The number of hydrogen-bond acceptors (Lipinski definition) is 1.